The van der Waals surface area contributed by atoms with Crippen LogP contribution in [-0.4, -0.2) is 27.1 Å². The van der Waals surface area contributed by atoms with E-state index < -0.39 is 0 Å². The average Bonchev–Trinajstić information content (AvgIpc) is 2.81. The zero-order valence-corrected chi connectivity index (χ0v) is 17.3. The second kappa shape index (κ2) is 10.2. The predicted octanol–water partition coefficient (Wildman–Crippen LogP) is 5.19. The molecule has 0 radical (unpaired) electrons. The van der Waals surface area contributed by atoms with Crippen LogP contribution in [0.4, 0.5) is 0 Å². The second-order valence-electron chi connectivity index (χ2n) is 6.45. The topological polar surface area (TPSA) is 54.0 Å². The van der Waals surface area contributed by atoms with Crippen molar-refractivity contribution in [2.75, 3.05) is 21.3 Å². The molecule has 0 saturated carbocycles. The van der Waals surface area contributed by atoms with Crippen LogP contribution in [0, 0.1) is 0 Å². The van der Waals surface area contributed by atoms with Gasteiger partial charge in [-0.1, -0.05) is 42.5 Å². The van der Waals surface area contributed by atoms with Crippen molar-refractivity contribution < 1.29 is 23.7 Å². The minimum Gasteiger partial charge on any atom is -0.497 e. The van der Waals surface area contributed by atoms with Crippen LogP contribution in [0.5, 0.6) is 23.0 Å². The van der Waals surface area contributed by atoms with Crippen molar-refractivity contribution >= 4 is 11.9 Å². The minimum atomic E-state index is -0.186. The summed E-state index contributed by atoms with van der Waals surface area (Å²) in [5.41, 5.74) is 2.32. The Bertz CT molecular complexity index is 1020. The number of ether oxygens (including phenoxy) is 4. The highest BCUT2D eigenvalue weighted by atomic mass is 16.5. The zero-order valence-electron chi connectivity index (χ0n) is 17.3. The summed E-state index contributed by atoms with van der Waals surface area (Å²) in [7, 11) is 4.67. The first-order chi connectivity index (χ1) is 14.6. The van der Waals surface area contributed by atoms with Crippen molar-refractivity contribution in [2.45, 2.75) is 6.61 Å². The van der Waals surface area contributed by atoms with Crippen molar-refractivity contribution in [3.05, 3.63) is 89.5 Å². The Kier molecular flexibility index (Phi) is 7.11. The summed E-state index contributed by atoms with van der Waals surface area (Å²) in [4.78, 5) is 12.7. The monoisotopic (exact) mass is 404 g/mol. The molecule has 5 heteroatoms. The molecule has 0 spiro atoms. The Balaban J connectivity index is 1.75. The van der Waals surface area contributed by atoms with Crippen molar-refractivity contribution in [3.8, 4) is 23.0 Å². The van der Waals surface area contributed by atoms with Gasteiger partial charge >= 0.3 is 0 Å². The number of ketones is 1. The Morgan fingerprint density at radius 3 is 2.23 bits per heavy atom. The van der Waals surface area contributed by atoms with Crippen LogP contribution in [0.1, 0.15) is 21.5 Å². The van der Waals surface area contributed by atoms with Crippen LogP contribution in [0.15, 0.2) is 72.8 Å². The lowest BCUT2D eigenvalue weighted by atomic mass is 10.1. The molecule has 0 N–H and O–H groups in total. The minimum absolute atomic E-state index is 0.186. The SMILES string of the molecule is COc1ccc(OC)c(C(=O)/C=C/c2ccc(OCc3ccccc3)c(OC)c2)c1. The molecule has 0 atom stereocenters. The van der Waals surface area contributed by atoms with Crippen LogP contribution in [0.3, 0.4) is 0 Å². The first kappa shape index (κ1) is 21.0. The van der Waals surface area contributed by atoms with Crippen molar-refractivity contribution in [2.24, 2.45) is 0 Å². The summed E-state index contributed by atoms with van der Waals surface area (Å²) in [6.45, 7) is 0.445. The van der Waals surface area contributed by atoms with Gasteiger partial charge in [0.15, 0.2) is 17.3 Å². The lowest BCUT2D eigenvalue weighted by Gasteiger charge is -2.11. The van der Waals surface area contributed by atoms with Crippen LogP contribution in [0.2, 0.25) is 0 Å². The summed E-state index contributed by atoms with van der Waals surface area (Å²) in [5, 5.41) is 0. The van der Waals surface area contributed by atoms with Gasteiger partial charge in [0.1, 0.15) is 18.1 Å². The van der Waals surface area contributed by atoms with E-state index in [4.69, 9.17) is 18.9 Å². The fraction of sp³-hybridized carbons (Fsp3) is 0.160. The summed E-state index contributed by atoms with van der Waals surface area (Å²) < 4.78 is 21.8. The Labute approximate surface area is 176 Å². The van der Waals surface area contributed by atoms with E-state index in [1.54, 1.807) is 38.5 Å². The third kappa shape index (κ3) is 5.20. The van der Waals surface area contributed by atoms with E-state index >= 15 is 0 Å². The molecule has 3 aromatic rings. The molecule has 3 aromatic carbocycles. The summed E-state index contributed by atoms with van der Waals surface area (Å²) >= 11 is 0. The smallest absolute Gasteiger partial charge is 0.189 e. The van der Waals surface area contributed by atoms with Gasteiger partial charge in [-0.25, -0.2) is 0 Å². The molecule has 5 nitrogen and oxygen atoms in total. The van der Waals surface area contributed by atoms with Gasteiger partial charge in [0, 0.05) is 0 Å². The van der Waals surface area contributed by atoms with Gasteiger partial charge < -0.3 is 18.9 Å². The molecule has 0 aliphatic heterocycles. The first-order valence-electron chi connectivity index (χ1n) is 9.44. The van der Waals surface area contributed by atoms with E-state index in [0.717, 1.165) is 11.1 Å². The molecule has 0 aliphatic rings. The van der Waals surface area contributed by atoms with E-state index in [0.29, 0.717) is 35.2 Å². The van der Waals surface area contributed by atoms with E-state index in [1.807, 2.05) is 48.5 Å². The molecule has 0 bridgehead atoms. The van der Waals surface area contributed by atoms with Gasteiger partial charge in [0.2, 0.25) is 0 Å². The lowest BCUT2D eigenvalue weighted by Crippen LogP contribution is -2.00. The van der Waals surface area contributed by atoms with Gasteiger partial charge in [-0.05, 0) is 47.5 Å². The van der Waals surface area contributed by atoms with Crippen molar-refractivity contribution in [1.29, 1.82) is 0 Å². The maximum absolute atomic E-state index is 12.7. The molecule has 0 heterocycles. The fourth-order valence-electron chi connectivity index (χ4n) is 2.91. The number of benzene rings is 3. The predicted molar refractivity (Wildman–Crippen MR) is 117 cm³/mol. The number of carbonyl (C=O) groups is 1. The lowest BCUT2D eigenvalue weighted by molar-refractivity contribution is 0.104. The van der Waals surface area contributed by atoms with Gasteiger partial charge in [-0.2, -0.15) is 0 Å². The molecule has 0 aromatic heterocycles. The number of methoxy groups -OCH3 is 3. The van der Waals surface area contributed by atoms with Gasteiger partial charge in [-0.15, -0.1) is 0 Å². The number of carbonyl (C=O) groups excluding carboxylic acids is 1. The fourth-order valence-corrected chi connectivity index (χ4v) is 2.91. The molecule has 154 valence electrons. The van der Waals surface area contributed by atoms with E-state index in [2.05, 4.69) is 0 Å². The van der Waals surface area contributed by atoms with Crippen LogP contribution in [-0.2, 0) is 6.61 Å². The maximum atomic E-state index is 12.7. The quantitative estimate of drug-likeness (QED) is 0.363. The third-order valence-electron chi connectivity index (χ3n) is 4.52. The molecule has 0 saturated heterocycles. The Hall–Kier alpha value is -3.73. The van der Waals surface area contributed by atoms with E-state index in [1.165, 1.54) is 13.2 Å². The van der Waals surface area contributed by atoms with Crippen LogP contribution >= 0.6 is 0 Å². The summed E-state index contributed by atoms with van der Waals surface area (Å²) in [6.07, 6.45) is 3.22. The van der Waals surface area contributed by atoms with Gasteiger partial charge in [0.25, 0.3) is 0 Å². The first-order valence-corrected chi connectivity index (χ1v) is 9.44. The average molecular weight is 404 g/mol. The molecule has 0 aliphatic carbocycles. The molecule has 0 amide bonds. The third-order valence-corrected chi connectivity index (χ3v) is 4.52. The highest BCUT2D eigenvalue weighted by Crippen LogP contribution is 2.30. The highest BCUT2D eigenvalue weighted by Gasteiger charge is 2.11. The van der Waals surface area contributed by atoms with E-state index in [-0.39, 0.29) is 5.78 Å². The van der Waals surface area contributed by atoms with Gasteiger partial charge in [0.05, 0.1) is 26.9 Å². The Morgan fingerprint density at radius 1 is 0.800 bits per heavy atom. The van der Waals surface area contributed by atoms with Crippen molar-refractivity contribution in [3.63, 3.8) is 0 Å². The summed E-state index contributed by atoms with van der Waals surface area (Å²) in [6, 6.07) is 20.6. The highest BCUT2D eigenvalue weighted by molar-refractivity contribution is 6.08. The molecule has 0 fully saturated rings. The largest absolute Gasteiger partial charge is 0.497 e. The second-order valence-corrected chi connectivity index (χ2v) is 6.45. The normalized spacial score (nSPS) is 10.6. The maximum Gasteiger partial charge on any atom is 0.189 e. The Morgan fingerprint density at radius 2 is 1.53 bits per heavy atom. The molecular weight excluding hydrogens is 380 g/mol. The van der Waals surface area contributed by atoms with E-state index in [9.17, 15) is 4.79 Å². The number of hydrogen-bond acceptors (Lipinski definition) is 5. The molecule has 0 unspecified atom stereocenters. The molecule has 3 rings (SSSR count). The van der Waals surface area contributed by atoms with Crippen LogP contribution in [0.25, 0.3) is 6.08 Å². The number of hydrogen-bond donors (Lipinski definition) is 0. The molecule has 30 heavy (non-hydrogen) atoms. The molecular formula is C25H24O5. The van der Waals surface area contributed by atoms with Gasteiger partial charge in [-0.3, -0.25) is 4.79 Å². The zero-order chi connectivity index (χ0) is 21.3. The summed E-state index contributed by atoms with van der Waals surface area (Å²) in [5.74, 6) is 2.13. The standard InChI is InChI=1S/C25H24O5/c1-27-20-11-14-23(28-2)21(16-20)22(26)12-9-18-10-13-24(25(15-18)29-3)30-17-19-7-5-4-6-8-19/h4-16H,17H2,1-3H3/b12-9+. The van der Waals surface area contributed by atoms with Crippen LogP contribution < -0.4 is 18.9 Å². The number of rotatable bonds is 9. The number of allylic oxidation sites excluding steroid dienone is 1. The van der Waals surface area contributed by atoms with Crippen molar-refractivity contribution in [1.82, 2.24) is 0 Å².